The molecule has 0 saturated carbocycles. The van der Waals surface area contributed by atoms with E-state index in [-0.39, 0.29) is 5.91 Å². The summed E-state index contributed by atoms with van der Waals surface area (Å²) < 4.78 is 17.1. The number of para-hydroxylation sites is 1. The van der Waals surface area contributed by atoms with Crippen molar-refractivity contribution in [3.8, 4) is 11.5 Å². The third-order valence-corrected chi connectivity index (χ3v) is 5.29. The number of carbonyl (C=O) groups is 2. The number of fused-ring (bicyclic) bond motifs is 1. The first kappa shape index (κ1) is 20.7. The number of nitrogens with one attached hydrogen (secondary N) is 1. The minimum absolute atomic E-state index is 0.271. The smallest absolute Gasteiger partial charge is 0.351 e. The number of rotatable bonds is 8. The number of methoxy groups -OCH3 is 1. The molecule has 1 N–H and O–H groups in total. The van der Waals surface area contributed by atoms with E-state index in [2.05, 4.69) is 5.32 Å². The fourth-order valence-corrected chi connectivity index (χ4v) is 3.91. The molecular weight excluding hydrogens is 390 g/mol. The van der Waals surface area contributed by atoms with Crippen molar-refractivity contribution in [2.45, 2.75) is 20.3 Å². The van der Waals surface area contributed by atoms with Crippen molar-refractivity contribution >= 4 is 39.0 Å². The molecule has 1 aromatic heterocycles. The number of hydrogen-bond acceptors (Lipinski definition) is 6. The number of thiophene rings is 1. The summed E-state index contributed by atoms with van der Waals surface area (Å²) in [6.07, 6.45) is 0.808. The van der Waals surface area contributed by atoms with Crippen LogP contribution in [0.2, 0.25) is 0 Å². The second-order valence-corrected chi connectivity index (χ2v) is 7.25. The fraction of sp³-hybridized carbons (Fsp3) is 0.273. The van der Waals surface area contributed by atoms with Crippen LogP contribution in [0.4, 0.5) is 5.69 Å². The Kier molecular flexibility index (Phi) is 6.72. The van der Waals surface area contributed by atoms with E-state index in [1.807, 2.05) is 32.0 Å². The number of ether oxygens (including phenoxy) is 3. The summed E-state index contributed by atoms with van der Waals surface area (Å²) in [5, 5.41) is 3.66. The van der Waals surface area contributed by atoms with E-state index < -0.39 is 5.97 Å². The van der Waals surface area contributed by atoms with Crippen molar-refractivity contribution < 1.29 is 23.8 Å². The number of amides is 1. The first-order valence-corrected chi connectivity index (χ1v) is 10.2. The van der Waals surface area contributed by atoms with Crippen molar-refractivity contribution in [1.29, 1.82) is 0 Å². The Morgan fingerprint density at radius 1 is 1.07 bits per heavy atom. The lowest BCUT2D eigenvalue weighted by Crippen LogP contribution is -2.13. The quantitative estimate of drug-likeness (QED) is 0.519. The van der Waals surface area contributed by atoms with Gasteiger partial charge in [0.1, 0.15) is 5.75 Å². The topological polar surface area (TPSA) is 73.9 Å². The Hall–Kier alpha value is -3.06. The van der Waals surface area contributed by atoms with E-state index in [4.69, 9.17) is 14.2 Å². The molecule has 3 aromatic rings. The van der Waals surface area contributed by atoms with E-state index in [1.165, 1.54) is 18.4 Å². The number of anilines is 1. The molecule has 1 heterocycles. The molecule has 0 unspecified atom stereocenters. The zero-order chi connectivity index (χ0) is 20.8. The van der Waals surface area contributed by atoms with Crippen LogP contribution in [0.1, 0.15) is 40.3 Å². The molecule has 6 nitrogen and oxygen atoms in total. The van der Waals surface area contributed by atoms with Gasteiger partial charge in [0.05, 0.1) is 25.9 Å². The van der Waals surface area contributed by atoms with Gasteiger partial charge in [0.2, 0.25) is 0 Å². The maximum absolute atomic E-state index is 12.8. The molecule has 0 fully saturated rings. The van der Waals surface area contributed by atoms with Gasteiger partial charge in [-0.3, -0.25) is 4.79 Å². The summed E-state index contributed by atoms with van der Waals surface area (Å²) in [6.45, 7) is 4.82. The average Bonchev–Trinajstić information content (AvgIpc) is 3.10. The van der Waals surface area contributed by atoms with Crippen molar-refractivity contribution in [2.75, 3.05) is 25.6 Å². The standard InChI is InChI=1S/C22H23NO5S/c1-4-12-28-19-16-13-14(10-11-18(16)29-20(19)22(25)26-3)23-21(24)15-8-6-7-9-17(15)27-5-2/h6-11,13H,4-5,12H2,1-3H3,(H,23,24). The molecule has 7 heteroatoms. The summed E-state index contributed by atoms with van der Waals surface area (Å²) in [6, 6.07) is 12.6. The summed E-state index contributed by atoms with van der Waals surface area (Å²) in [5.41, 5.74) is 1.06. The number of esters is 1. The van der Waals surface area contributed by atoms with Crippen molar-refractivity contribution in [1.82, 2.24) is 0 Å². The number of carbonyl (C=O) groups excluding carboxylic acids is 2. The van der Waals surface area contributed by atoms with Crippen LogP contribution < -0.4 is 14.8 Å². The minimum Gasteiger partial charge on any atom is -0.493 e. The lowest BCUT2D eigenvalue weighted by Gasteiger charge is -2.11. The molecule has 29 heavy (non-hydrogen) atoms. The largest absolute Gasteiger partial charge is 0.493 e. The number of hydrogen-bond donors (Lipinski definition) is 1. The van der Waals surface area contributed by atoms with Crippen LogP contribution in [-0.2, 0) is 4.74 Å². The Bertz CT molecular complexity index is 1030. The van der Waals surface area contributed by atoms with Crippen molar-refractivity contribution in [2.24, 2.45) is 0 Å². The highest BCUT2D eigenvalue weighted by atomic mass is 32.1. The third-order valence-electron chi connectivity index (χ3n) is 4.15. The van der Waals surface area contributed by atoms with Gasteiger partial charge in [0, 0.05) is 15.8 Å². The van der Waals surface area contributed by atoms with Crippen LogP contribution in [0.5, 0.6) is 11.5 Å². The maximum Gasteiger partial charge on any atom is 0.351 e. The van der Waals surface area contributed by atoms with Gasteiger partial charge in [-0.1, -0.05) is 19.1 Å². The monoisotopic (exact) mass is 413 g/mol. The van der Waals surface area contributed by atoms with Gasteiger partial charge >= 0.3 is 5.97 Å². The third kappa shape index (κ3) is 4.51. The van der Waals surface area contributed by atoms with Crippen molar-refractivity contribution in [3.05, 3.63) is 52.9 Å². The lowest BCUT2D eigenvalue weighted by atomic mass is 10.1. The molecule has 0 aliphatic carbocycles. The highest BCUT2D eigenvalue weighted by molar-refractivity contribution is 7.21. The molecule has 1 amide bonds. The molecule has 0 spiro atoms. The first-order chi connectivity index (χ1) is 14.1. The molecule has 152 valence electrons. The van der Waals surface area contributed by atoms with Gasteiger partial charge in [-0.05, 0) is 43.7 Å². The molecule has 0 saturated heterocycles. The van der Waals surface area contributed by atoms with Crippen LogP contribution in [0.15, 0.2) is 42.5 Å². The highest BCUT2D eigenvalue weighted by Crippen LogP contribution is 2.40. The first-order valence-electron chi connectivity index (χ1n) is 9.39. The van der Waals surface area contributed by atoms with Gasteiger partial charge in [0.15, 0.2) is 10.6 Å². The van der Waals surface area contributed by atoms with E-state index in [1.54, 1.807) is 24.3 Å². The SMILES string of the molecule is CCCOc1c(C(=O)OC)sc2ccc(NC(=O)c3ccccc3OCC)cc12. The summed E-state index contributed by atoms with van der Waals surface area (Å²) in [5.74, 6) is 0.315. The van der Waals surface area contributed by atoms with E-state index in [0.29, 0.717) is 40.8 Å². The van der Waals surface area contributed by atoms with Crippen LogP contribution in [0.3, 0.4) is 0 Å². The fourth-order valence-electron chi connectivity index (χ4n) is 2.86. The van der Waals surface area contributed by atoms with Crippen LogP contribution >= 0.6 is 11.3 Å². The molecule has 2 aromatic carbocycles. The predicted molar refractivity (Wildman–Crippen MR) is 115 cm³/mol. The Labute approximate surface area is 173 Å². The zero-order valence-electron chi connectivity index (χ0n) is 16.6. The van der Waals surface area contributed by atoms with E-state index in [9.17, 15) is 9.59 Å². The van der Waals surface area contributed by atoms with Gasteiger partial charge < -0.3 is 19.5 Å². The molecule has 0 aliphatic rings. The molecular formula is C22H23NO5S. The van der Waals surface area contributed by atoms with Gasteiger partial charge in [-0.25, -0.2) is 4.79 Å². The Balaban J connectivity index is 1.94. The molecule has 0 bridgehead atoms. The van der Waals surface area contributed by atoms with Crippen LogP contribution in [0, 0.1) is 0 Å². The normalized spacial score (nSPS) is 10.6. The van der Waals surface area contributed by atoms with E-state index in [0.717, 1.165) is 16.5 Å². The minimum atomic E-state index is -0.437. The summed E-state index contributed by atoms with van der Waals surface area (Å²) in [4.78, 5) is 25.3. The van der Waals surface area contributed by atoms with Gasteiger partial charge in [-0.15, -0.1) is 11.3 Å². The molecule has 3 rings (SSSR count). The van der Waals surface area contributed by atoms with E-state index >= 15 is 0 Å². The summed E-state index contributed by atoms with van der Waals surface area (Å²) in [7, 11) is 1.35. The Morgan fingerprint density at radius 2 is 1.86 bits per heavy atom. The lowest BCUT2D eigenvalue weighted by molar-refractivity contribution is 0.0602. The zero-order valence-corrected chi connectivity index (χ0v) is 17.4. The molecule has 0 radical (unpaired) electrons. The van der Waals surface area contributed by atoms with Gasteiger partial charge in [-0.2, -0.15) is 0 Å². The Morgan fingerprint density at radius 3 is 2.59 bits per heavy atom. The van der Waals surface area contributed by atoms with Crippen LogP contribution in [0.25, 0.3) is 10.1 Å². The highest BCUT2D eigenvalue weighted by Gasteiger charge is 2.21. The number of benzene rings is 2. The maximum atomic E-state index is 12.8. The van der Waals surface area contributed by atoms with Gasteiger partial charge in [0.25, 0.3) is 5.91 Å². The molecule has 0 atom stereocenters. The predicted octanol–water partition coefficient (Wildman–Crippen LogP) is 5.13. The average molecular weight is 413 g/mol. The summed E-state index contributed by atoms with van der Waals surface area (Å²) >= 11 is 1.31. The second-order valence-electron chi connectivity index (χ2n) is 6.19. The molecule has 0 aliphatic heterocycles. The van der Waals surface area contributed by atoms with Crippen LogP contribution in [-0.4, -0.2) is 32.2 Å². The second kappa shape index (κ2) is 9.43. The van der Waals surface area contributed by atoms with Crippen molar-refractivity contribution in [3.63, 3.8) is 0 Å².